The summed E-state index contributed by atoms with van der Waals surface area (Å²) in [7, 11) is 0. The first-order valence-corrected chi connectivity index (χ1v) is 13.8. The molecule has 4 aromatic rings. The second-order valence-electron chi connectivity index (χ2n) is 8.55. The number of thioether (sulfide) groups is 1. The van der Waals surface area contributed by atoms with Crippen molar-refractivity contribution < 1.29 is 14.3 Å². The van der Waals surface area contributed by atoms with Gasteiger partial charge in [-0.1, -0.05) is 87.6 Å². The molecule has 3 heterocycles. The van der Waals surface area contributed by atoms with Crippen LogP contribution in [0.5, 0.6) is 5.75 Å². The minimum Gasteiger partial charge on any atom is -0.489 e. The number of hydrogen-bond acceptors (Lipinski definition) is 6. The summed E-state index contributed by atoms with van der Waals surface area (Å²) in [6, 6.07) is 24.5. The van der Waals surface area contributed by atoms with Gasteiger partial charge in [0.15, 0.2) is 0 Å². The molecule has 0 unspecified atom stereocenters. The Balaban J connectivity index is 1.43. The van der Waals surface area contributed by atoms with Gasteiger partial charge in [-0.05, 0) is 35.9 Å². The number of anilines is 1. The van der Waals surface area contributed by atoms with Crippen LogP contribution in [0, 0.1) is 5.92 Å². The third-order valence-corrected chi connectivity index (χ3v) is 9.33. The van der Waals surface area contributed by atoms with Crippen LogP contribution in [0.1, 0.15) is 21.9 Å². The van der Waals surface area contributed by atoms with Crippen LogP contribution in [-0.4, -0.2) is 22.0 Å². The maximum Gasteiger partial charge on any atom is 0.305 e. The minimum atomic E-state index is -0.661. The molecular weight excluding hydrogens is 560 g/mol. The van der Waals surface area contributed by atoms with Crippen LogP contribution in [0.2, 0.25) is 0 Å². The summed E-state index contributed by atoms with van der Waals surface area (Å²) >= 11 is 5.77. The number of nitrogens with one attached hydrogen (secondary N) is 1. The van der Waals surface area contributed by atoms with E-state index in [2.05, 4.69) is 20.9 Å². The number of rotatable bonds is 5. The van der Waals surface area contributed by atoms with Crippen LogP contribution < -0.4 is 14.5 Å². The van der Waals surface area contributed by atoms with Gasteiger partial charge < -0.3 is 9.72 Å². The fourth-order valence-electron chi connectivity index (χ4n) is 4.80. The minimum absolute atomic E-state index is 0.204. The summed E-state index contributed by atoms with van der Waals surface area (Å²) in [6.07, 6.45) is 0. The molecular formula is C27H19BrN2O4S2. The predicted molar refractivity (Wildman–Crippen MR) is 144 cm³/mol. The number of amides is 2. The summed E-state index contributed by atoms with van der Waals surface area (Å²) in [5, 5.41) is -0.000931. The van der Waals surface area contributed by atoms with Crippen molar-refractivity contribution in [1.82, 2.24) is 4.98 Å². The quantitative estimate of drug-likeness (QED) is 0.313. The summed E-state index contributed by atoms with van der Waals surface area (Å²) in [6.45, 7) is 0.363. The third-order valence-electron chi connectivity index (χ3n) is 6.40. The van der Waals surface area contributed by atoms with Gasteiger partial charge >= 0.3 is 4.87 Å². The van der Waals surface area contributed by atoms with E-state index in [1.54, 1.807) is 12.1 Å². The molecule has 9 heteroatoms. The first-order valence-electron chi connectivity index (χ1n) is 11.3. The fourth-order valence-corrected chi connectivity index (χ4v) is 7.57. The molecule has 36 heavy (non-hydrogen) atoms. The van der Waals surface area contributed by atoms with Crippen LogP contribution in [-0.2, 0) is 16.2 Å². The van der Waals surface area contributed by atoms with Gasteiger partial charge in [0, 0.05) is 20.8 Å². The van der Waals surface area contributed by atoms with Gasteiger partial charge in [-0.15, -0.1) is 0 Å². The maximum atomic E-state index is 13.9. The molecule has 180 valence electrons. The van der Waals surface area contributed by atoms with Crippen molar-refractivity contribution in [2.75, 3.05) is 4.90 Å². The third kappa shape index (κ3) is 4.01. The van der Waals surface area contributed by atoms with Crippen LogP contribution in [0.25, 0.3) is 0 Å². The Bertz CT molecular complexity index is 1520. The second-order valence-corrected chi connectivity index (χ2v) is 11.6. The van der Waals surface area contributed by atoms with Gasteiger partial charge in [0.25, 0.3) is 0 Å². The Morgan fingerprint density at radius 1 is 0.889 bits per heavy atom. The predicted octanol–water partition coefficient (Wildman–Crippen LogP) is 5.57. The van der Waals surface area contributed by atoms with E-state index in [9.17, 15) is 14.4 Å². The molecule has 0 bridgehead atoms. The van der Waals surface area contributed by atoms with E-state index >= 15 is 0 Å². The van der Waals surface area contributed by atoms with E-state index in [1.165, 1.54) is 16.7 Å². The van der Waals surface area contributed by atoms with Crippen molar-refractivity contribution in [3.63, 3.8) is 0 Å². The first kappa shape index (κ1) is 23.3. The Kier molecular flexibility index (Phi) is 6.07. The lowest BCUT2D eigenvalue weighted by molar-refractivity contribution is -0.122. The van der Waals surface area contributed by atoms with Crippen LogP contribution >= 0.6 is 39.0 Å². The Morgan fingerprint density at radius 3 is 2.39 bits per heavy atom. The number of ether oxygens (including phenoxy) is 1. The van der Waals surface area contributed by atoms with Gasteiger partial charge in [-0.3, -0.25) is 14.4 Å². The number of carbonyl (C=O) groups excluding carboxylic acids is 2. The summed E-state index contributed by atoms with van der Waals surface area (Å²) in [5.41, 5.74) is 2.34. The van der Waals surface area contributed by atoms with E-state index in [1.807, 2.05) is 66.7 Å². The van der Waals surface area contributed by atoms with Gasteiger partial charge in [0.1, 0.15) is 17.6 Å². The molecule has 1 fully saturated rings. The van der Waals surface area contributed by atoms with Crippen molar-refractivity contribution in [3.8, 4) is 5.75 Å². The lowest BCUT2D eigenvalue weighted by Gasteiger charge is -2.30. The molecule has 2 aliphatic heterocycles. The van der Waals surface area contributed by atoms with Gasteiger partial charge in [0.2, 0.25) is 11.8 Å². The molecule has 1 saturated heterocycles. The molecule has 0 radical (unpaired) electrons. The number of benzene rings is 3. The molecule has 1 N–H and O–H groups in total. The number of aromatic nitrogens is 1. The molecule has 1 aromatic heterocycles. The first-order chi connectivity index (χ1) is 17.5. The molecule has 3 aromatic carbocycles. The van der Waals surface area contributed by atoms with Crippen LogP contribution in [0.15, 0.2) is 93.2 Å². The largest absolute Gasteiger partial charge is 0.489 e. The number of aromatic amines is 1. The Morgan fingerprint density at radius 2 is 1.61 bits per heavy atom. The molecule has 3 atom stereocenters. The molecule has 6 rings (SSSR count). The molecule has 0 aliphatic carbocycles. The Hall–Kier alpha value is -3.14. The standard InChI is InChI=1S/C27H19BrN2O4S2/c28-16-10-12-17(13-11-16)30-25(31)21-20(22-24(29-27(33)36-22)35-23(21)26(30)32)18-8-4-5-9-19(18)34-14-15-6-2-1-3-7-15/h1-13,20-21,23H,14H2,(H,29,33)/t20-,21-,23+/m0/s1. The smallest absolute Gasteiger partial charge is 0.305 e. The highest BCUT2D eigenvalue weighted by atomic mass is 79.9. The maximum absolute atomic E-state index is 13.9. The van der Waals surface area contributed by atoms with Crippen LogP contribution in [0.4, 0.5) is 5.69 Å². The number of thiazole rings is 1. The van der Waals surface area contributed by atoms with Crippen molar-refractivity contribution in [2.24, 2.45) is 5.92 Å². The van der Waals surface area contributed by atoms with Gasteiger partial charge in [-0.25, -0.2) is 4.90 Å². The van der Waals surface area contributed by atoms with Gasteiger partial charge in [0.05, 0.1) is 16.6 Å². The average Bonchev–Trinajstić information content (AvgIpc) is 3.38. The number of nitrogens with zero attached hydrogens (tertiary/aromatic N) is 1. The number of hydrogen-bond donors (Lipinski definition) is 1. The van der Waals surface area contributed by atoms with Crippen LogP contribution in [0.3, 0.4) is 0 Å². The number of fused-ring (bicyclic) bond motifs is 2. The lowest BCUT2D eigenvalue weighted by atomic mass is 9.82. The number of para-hydroxylation sites is 1. The van der Waals surface area contributed by atoms with E-state index in [0.717, 1.165) is 31.8 Å². The van der Waals surface area contributed by atoms with Gasteiger partial charge in [-0.2, -0.15) is 0 Å². The van der Waals surface area contributed by atoms with E-state index in [4.69, 9.17) is 4.74 Å². The summed E-state index contributed by atoms with van der Waals surface area (Å²) in [5.74, 6) is -1.06. The zero-order valence-corrected chi connectivity index (χ0v) is 21.9. The van der Waals surface area contributed by atoms with E-state index in [0.29, 0.717) is 23.1 Å². The number of imide groups is 1. The topological polar surface area (TPSA) is 79.5 Å². The Labute approximate surface area is 223 Å². The van der Waals surface area contributed by atoms with Crippen molar-refractivity contribution >= 4 is 56.5 Å². The number of halogens is 1. The average molecular weight is 579 g/mol. The molecule has 2 aliphatic rings. The summed E-state index contributed by atoms with van der Waals surface area (Å²) < 4.78 is 7.09. The van der Waals surface area contributed by atoms with E-state index < -0.39 is 17.1 Å². The highest BCUT2D eigenvalue weighted by molar-refractivity contribution is 9.10. The normalized spacial score (nSPS) is 20.8. The zero-order valence-electron chi connectivity index (χ0n) is 18.7. The van der Waals surface area contributed by atoms with E-state index in [-0.39, 0.29) is 16.7 Å². The SMILES string of the molecule is O=C1[C@H]2[C@H](c3ccccc3OCc3ccccc3)c3sc(=O)[nH]c3S[C@H]2C(=O)N1c1ccc(Br)cc1. The number of carbonyl (C=O) groups is 2. The lowest BCUT2D eigenvalue weighted by Crippen LogP contribution is -2.32. The second kappa shape index (κ2) is 9.38. The molecule has 0 spiro atoms. The highest BCUT2D eigenvalue weighted by Gasteiger charge is 2.56. The van der Waals surface area contributed by atoms with Crippen molar-refractivity contribution in [3.05, 3.63) is 109 Å². The monoisotopic (exact) mass is 578 g/mol. The van der Waals surface area contributed by atoms with Crippen molar-refractivity contribution in [2.45, 2.75) is 22.8 Å². The van der Waals surface area contributed by atoms with Crippen molar-refractivity contribution in [1.29, 1.82) is 0 Å². The highest BCUT2D eigenvalue weighted by Crippen LogP contribution is 2.54. The number of H-pyrrole nitrogens is 1. The zero-order chi connectivity index (χ0) is 24.8. The molecule has 2 amide bonds. The molecule has 6 nitrogen and oxygen atoms in total. The molecule has 0 saturated carbocycles. The summed E-state index contributed by atoms with van der Waals surface area (Å²) in [4.78, 5) is 44.5. The fraction of sp³-hybridized carbons (Fsp3) is 0.148.